The van der Waals surface area contributed by atoms with Crippen molar-refractivity contribution < 1.29 is 14.3 Å². The number of thioether (sulfide) groups is 1. The highest BCUT2D eigenvalue weighted by molar-refractivity contribution is 7.99. The van der Waals surface area contributed by atoms with Gasteiger partial charge in [0.1, 0.15) is 5.75 Å². The van der Waals surface area contributed by atoms with Crippen LogP contribution in [0.2, 0.25) is 0 Å². The van der Waals surface area contributed by atoms with Gasteiger partial charge in [0.15, 0.2) is 11.0 Å². The van der Waals surface area contributed by atoms with Gasteiger partial charge in [-0.05, 0) is 42.3 Å². The van der Waals surface area contributed by atoms with Crippen molar-refractivity contribution in [3.8, 4) is 22.8 Å². The minimum absolute atomic E-state index is 0.0136. The number of urea groups is 1. The van der Waals surface area contributed by atoms with Gasteiger partial charge in [-0.15, -0.1) is 10.2 Å². The minimum atomic E-state index is -0.506. The maximum Gasteiger partial charge on any atom is 0.321 e. The summed E-state index contributed by atoms with van der Waals surface area (Å²) in [4.78, 5) is 28.1. The first kappa shape index (κ1) is 22.3. The zero-order valence-electron chi connectivity index (χ0n) is 17.5. The molecule has 1 aromatic carbocycles. The molecule has 0 fully saturated rings. The van der Waals surface area contributed by atoms with Gasteiger partial charge >= 0.3 is 6.03 Å². The van der Waals surface area contributed by atoms with Gasteiger partial charge in [0, 0.05) is 30.2 Å². The Balaban J connectivity index is 1.79. The second-order valence-electron chi connectivity index (χ2n) is 7.02. The molecule has 3 amide bonds. The Morgan fingerprint density at radius 1 is 1.10 bits per heavy atom. The molecular weight excluding hydrogens is 416 g/mol. The first-order valence-electron chi connectivity index (χ1n) is 9.68. The van der Waals surface area contributed by atoms with Gasteiger partial charge in [-0.3, -0.25) is 19.7 Å². The van der Waals surface area contributed by atoms with Crippen LogP contribution in [0.5, 0.6) is 5.75 Å². The van der Waals surface area contributed by atoms with E-state index in [1.165, 1.54) is 11.8 Å². The van der Waals surface area contributed by atoms with Crippen molar-refractivity contribution in [3.63, 3.8) is 0 Å². The van der Waals surface area contributed by atoms with E-state index < -0.39 is 11.9 Å². The van der Waals surface area contributed by atoms with E-state index in [0.29, 0.717) is 23.4 Å². The van der Waals surface area contributed by atoms with Crippen LogP contribution in [0.1, 0.15) is 13.8 Å². The number of amides is 3. The van der Waals surface area contributed by atoms with E-state index in [-0.39, 0.29) is 5.75 Å². The molecule has 162 valence electrons. The van der Waals surface area contributed by atoms with Gasteiger partial charge in [-0.25, -0.2) is 4.79 Å². The van der Waals surface area contributed by atoms with E-state index in [4.69, 9.17) is 4.74 Å². The molecule has 9 nitrogen and oxygen atoms in total. The van der Waals surface area contributed by atoms with Crippen LogP contribution >= 0.6 is 11.8 Å². The number of methoxy groups -OCH3 is 1. The molecule has 0 aliphatic rings. The maximum absolute atomic E-state index is 12.2. The fourth-order valence-corrected chi connectivity index (χ4v) is 3.40. The Morgan fingerprint density at radius 3 is 2.45 bits per heavy atom. The van der Waals surface area contributed by atoms with Gasteiger partial charge in [0.2, 0.25) is 5.91 Å². The molecule has 0 saturated heterocycles. The number of benzene rings is 1. The topological polar surface area (TPSA) is 111 Å². The number of pyridine rings is 1. The number of ether oxygens (including phenoxy) is 1. The summed E-state index contributed by atoms with van der Waals surface area (Å²) in [5.41, 5.74) is 1.65. The van der Waals surface area contributed by atoms with E-state index in [0.717, 1.165) is 17.0 Å². The van der Waals surface area contributed by atoms with Gasteiger partial charge in [-0.2, -0.15) is 0 Å². The van der Waals surface area contributed by atoms with Crippen LogP contribution in [-0.4, -0.2) is 51.1 Å². The van der Waals surface area contributed by atoms with Crippen molar-refractivity contribution in [1.82, 2.24) is 30.4 Å². The summed E-state index contributed by atoms with van der Waals surface area (Å²) in [6.07, 6.45) is 3.36. The van der Waals surface area contributed by atoms with Crippen molar-refractivity contribution in [1.29, 1.82) is 0 Å². The summed E-state index contributed by atoms with van der Waals surface area (Å²) < 4.78 is 7.09. The summed E-state index contributed by atoms with van der Waals surface area (Å²) >= 11 is 1.19. The summed E-state index contributed by atoms with van der Waals surface area (Å²) in [6.45, 7) is 4.45. The molecule has 2 aromatic heterocycles. The van der Waals surface area contributed by atoms with Crippen molar-refractivity contribution >= 4 is 23.7 Å². The second-order valence-corrected chi connectivity index (χ2v) is 7.96. The van der Waals surface area contributed by atoms with Crippen LogP contribution in [0, 0.1) is 5.92 Å². The second kappa shape index (κ2) is 10.6. The molecule has 0 unspecified atom stereocenters. The fraction of sp³-hybridized carbons (Fsp3) is 0.286. The maximum atomic E-state index is 12.2. The summed E-state index contributed by atoms with van der Waals surface area (Å²) in [7, 11) is 1.60. The zero-order chi connectivity index (χ0) is 22.2. The molecule has 2 N–H and O–H groups in total. The quantitative estimate of drug-likeness (QED) is 0.518. The molecule has 2 heterocycles. The molecule has 3 rings (SSSR count). The molecule has 3 aromatic rings. The molecule has 0 aliphatic heterocycles. The lowest BCUT2D eigenvalue weighted by Gasteiger charge is -2.11. The molecule has 0 saturated carbocycles. The molecule has 0 radical (unpaired) electrons. The van der Waals surface area contributed by atoms with Gasteiger partial charge in [0.25, 0.3) is 0 Å². The lowest BCUT2D eigenvalue weighted by molar-refractivity contribution is -0.117. The van der Waals surface area contributed by atoms with Gasteiger partial charge in [-0.1, -0.05) is 25.6 Å². The summed E-state index contributed by atoms with van der Waals surface area (Å²) in [5.74, 6) is 1.24. The van der Waals surface area contributed by atoms with Gasteiger partial charge in [0.05, 0.1) is 12.9 Å². The summed E-state index contributed by atoms with van der Waals surface area (Å²) in [5, 5.41) is 14.1. The molecule has 10 heteroatoms. The van der Waals surface area contributed by atoms with E-state index in [1.54, 1.807) is 19.5 Å². The Labute approximate surface area is 184 Å². The van der Waals surface area contributed by atoms with Crippen LogP contribution in [0.4, 0.5) is 4.79 Å². The van der Waals surface area contributed by atoms with Crippen LogP contribution in [0.15, 0.2) is 53.9 Å². The Hall–Kier alpha value is -3.40. The standard InChI is InChI=1S/C21H24N6O3S/c1-14(2)12-23-20(29)24-18(28)13-31-21-26-25-19(15-8-10-22-11-9-15)27(21)16-4-6-17(30-3)7-5-16/h4-11,14H,12-13H2,1-3H3,(H2,23,24,28,29). The lowest BCUT2D eigenvalue weighted by Crippen LogP contribution is -2.41. The number of rotatable bonds is 8. The SMILES string of the molecule is COc1ccc(-n2c(SCC(=O)NC(=O)NCC(C)C)nnc2-c2ccncc2)cc1. The van der Waals surface area contributed by atoms with Crippen LogP contribution in [-0.2, 0) is 4.79 Å². The number of aromatic nitrogens is 4. The largest absolute Gasteiger partial charge is 0.497 e. The first-order chi connectivity index (χ1) is 15.0. The predicted molar refractivity (Wildman–Crippen MR) is 118 cm³/mol. The number of hydrogen-bond acceptors (Lipinski definition) is 7. The number of nitrogens with zero attached hydrogens (tertiary/aromatic N) is 4. The third-order valence-electron chi connectivity index (χ3n) is 4.16. The average Bonchev–Trinajstić information content (AvgIpc) is 3.21. The zero-order valence-corrected chi connectivity index (χ0v) is 18.3. The van der Waals surface area contributed by atoms with Crippen LogP contribution in [0.3, 0.4) is 0 Å². The Bertz CT molecular complexity index is 1020. The molecule has 0 atom stereocenters. The number of hydrogen-bond donors (Lipinski definition) is 2. The van der Waals surface area contributed by atoms with Crippen molar-refractivity contribution in [2.24, 2.45) is 5.92 Å². The third kappa shape index (κ3) is 6.05. The normalized spacial score (nSPS) is 10.7. The minimum Gasteiger partial charge on any atom is -0.497 e. The molecule has 0 bridgehead atoms. The predicted octanol–water partition coefficient (Wildman–Crippen LogP) is 2.91. The van der Waals surface area contributed by atoms with Gasteiger partial charge < -0.3 is 10.1 Å². The molecule has 0 aliphatic carbocycles. The fourth-order valence-electron chi connectivity index (χ4n) is 2.65. The van der Waals surface area contributed by atoms with E-state index in [1.807, 2.05) is 54.8 Å². The molecular formula is C21H24N6O3S. The van der Waals surface area contributed by atoms with Crippen molar-refractivity contribution in [2.75, 3.05) is 19.4 Å². The van der Waals surface area contributed by atoms with E-state index in [2.05, 4.69) is 25.8 Å². The number of imide groups is 1. The van der Waals surface area contributed by atoms with Crippen LogP contribution in [0.25, 0.3) is 17.1 Å². The van der Waals surface area contributed by atoms with E-state index >= 15 is 0 Å². The Kier molecular flexibility index (Phi) is 7.60. The smallest absolute Gasteiger partial charge is 0.321 e. The number of carbonyl (C=O) groups excluding carboxylic acids is 2. The highest BCUT2D eigenvalue weighted by atomic mass is 32.2. The summed E-state index contributed by atoms with van der Waals surface area (Å²) in [6, 6.07) is 10.6. The van der Waals surface area contributed by atoms with Crippen molar-refractivity contribution in [2.45, 2.75) is 19.0 Å². The van der Waals surface area contributed by atoms with E-state index in [9.17, 15) is 9.59 Å². The number of nitrogens with one attached hydrogen (secondary N) is 2. The Morgan fingerprint density at radius 2 is 1.81 bits per heavy atom. The molecule has 31 heavy (non-hydrogen) atoms. The highest BCUT2D eigenvalue weighted by Crippen LogP contribution is 2.28. The monoisotopic (exact) mass is 440 g/mol. The average molecular weight is 441 g/mol. The third-order valence-corrected chi connectivity index (χ3v) is 5.09. The highest BCUT2D eigenvalue weighted by Gasteiger charge is 2.18. The number of carbonyl (C=O) groups is 2. The van der Waals surface area contributed by atoms with Crippen LogP contribution < -0.4 is 15.4 Å². The van der Waals surface area contributed by atoms with Crippen molar-refractivity contribution in [3.05, 3.63) is 48.8 Å². The lowest BCUT2D eigenvalue weighted by atomic mass is 10.2. The first-order valence-corrected chi connectivity index (χ1v) is 10.7. The molecule has 0 spiro atoms.